The van der Waals surface area contributed by atoms with Crippen molar-refractivity contribution in [3.63, 3.8) is 0 Å². The SMILES string of the molecule is CCC(C)n1ccc(CC(N)c2cccc(F)c2)n1. The van der Waals surface area contributed by atoms with Gasteiger partial charge in [-0.2, -0.15) is 5.10 Å². The van der Waals surface area contributed by atoms with Gasteiger partial charge in [0.05, 0.1) is 5.69 Å². The number of hydrogen-bond donors (Lipinski definition) is 1. The Balaban J connectivity index is 2.06. The van der Waals surface area contributed by atoms with E-state index in [1.807, 2.05) is 23.0 Å². The summed E-state index contributed by atoms with van der Waals surface area (Å²) in [5.41, 5.74) is 7.84. The summed E-state index contributed by atoms with van der Waals surface area (Å²) in [6.07, 6.45) is 3.63. The lowest BCUT2D eigenvalue weighted by Gasteiger charge is -2.11. The van der Waals surface area contributed by atoms with Crippen molar-refractivity contribution in [1.29, 1.82) is 0 Å². The predicted octanol–water partition coefficient (Wildman–Crippen LogP) is 3.24. The molecule has 2 unspecified atom stereocenters. The van der Waals surface area contributed by atoms with Crippen LogP contribution < -0.4 is 5.73 Å². The fourth-order valence-electron chi connectivity index (χ4n) is 2.00. The van der Waals surface area contributed by atoms with E-state index >= 15 is 0 Å². The largest absolute Gasteiger partial charge is 0.324 e. The summed E-state index contributed by atoms with van der Waals surface area (Å²) >= 11 is 0. The first-order valence-corrected chi connectivity index (χ1v) is 6.65. The van der Waals surface area contributed by atoms with Crippen molar-refractivity contribution in [1.82, 2.24) is 9.78 Å². The van der Waals surface area contributed by atoms with E-state index in [4.69, 9.17) is 5.73 Å². The zero-order chi connectivity index (χ0) is 13.8. The molecule has 2 atom stereocenters. The summed E-state index contributed by atoms with van der Waals surface area (Å²) in [4.78, 5) is 0. The monoisotopic (exact) mass is 261 g/mol. The Bertz CT molecular complexity index is 536. The van der Waals surface area contributed by atoms with Gasteiger partial charge in [0.1, 0.15) is 5.82 Å². The van der Waals surface area contributed by atoms with Crippen LogP contribution in [0.15, 0.2) is 36.5 Å². The molecule has 0 aliphatic carbocycles. The highest BCUT2D eigenvalue weighted by Crippen LogP contribution is 2.17. The standard InChI is InChI=1S/C15H20FN3/c1-3-11(2)19-8-7-14(18-19)10-15(17)12-5-4-6-13(16)9-12/h4-9,11,15H,3,10,17H2,1-2H3. The minimum Gasteiger partial charge on any atom is -0.324 e. The maximum absolute atomic E-state index is 13.1. The molecule has 19 heavy (non-hydrogen) atoms. The van der Waals surface area contributed by atoms with Gasteiger partial charge >= 0.3 is 0 Å². The van der Waals surface area contributed by atoms with E-state index in [0.29, 0.717) is 12.5 Å². The summed E-state index contributed by atoms with van der Waals surface area (Å²) in [6, 6.07) is 8.58. The summed E-state index contributed by atoms with van der Waals surface area (Å²) in [5.74, 6) is -0.252. The molecule has 0 aliphatic rings. The van der Waals surface area contributed by atoms with Gasteiger partial charge < -0.3 is 5.73 Å². The Morgan fingerprint density at radius 3 is 2.84 bits per heavy atom. The van der Waals surface area contributed by atoms with Crippen molar-refractivity contribution in [2.24, 2.45) is 5.73 Å². The Morgan fingerprint density at radius 1 is 1.37 bits per heavy atom. The van der Waals surface area contributed by atoms with Gasteiger partial charge in [-0.15, -0.1) is 0 Å². The van der Waals surface area contributed by atoms with Gasteiger partial charge in [0.2, 0.25) is 0 Å². The molecular weight excluding hydrogens is 241 g/mol. The molecule has 0 aliphatic heterocycles. The third-order valence-corrected chi connectivity index (χ3v) is 3.41. The lowest BCUT2D eigenvalue weighted by molar-refractivity contribution is 0.472. The normalized spacial score (nSPS) is 14.3. The molecule has 2 N–H and O–H groups in total. The van der Waals surface area contributed by atoms with Gasteiger partial charge in [0, 0.05) is 24.7 Å². The Kier molecular flexibility index (Phi) is 4.32. The third-order valence-electron chi connectivity index (χ3n) is 3.41. The molecule has 0 amide bonds. The zero-order valence-corrected chi connectivity index (χ0v) is 11.4. The number of aromatic nitrogens is 2. The molecule has 0 fully saturated rings. The quantitative estimate of drug-likeness (QED) is 0.898. The molecule has 2 aromatic rings. The topological polar surface area (TPSA) is 43.8 Å². The van der Waals surface area contributed by atoms with Crippen LogP contribution in [0.3, 0.4) is 0 Å². The first-order chi connectivity index (χ1) is 9.10. The van der Waals surface area contributed by atoms with Crippen molar-refractivity contribution in [2.45, 2.75) is 38.8 Å². The van der Waals surface area contributed by atoms with Crippen LogP contribution in [0.4, 0.5) is 4.39 Å². The van der Waals surface area contributed by atoms with Crippen molar-refractivity contribution in [3.8, 4) is 0 Å². The molecule has 0 saturated heterocycles. The van der Waals surface area contributed by atoms with E-state index in [9.17, 15) is 4.39 Å². The highest BCUT2D eigenvalue weighted by molar-refractivity contribution is 5.21. The second-order valence-corrected chi connectivity index (χ2v) is 4.91. The fraction of sp³-hybridized carbons (Fsp3) is 0.400. The predicted molar refractivity (Wildman–Crippen MR) is 74.3 cm³/mol. The second-order valence-electron chi connectivity index (χ2n) is 4.91. The molecule has 2 rings (SSSR count). The number of nitrogens with zero attached hydrogens (tertiary/aromatic N) is 2. The minimum absolute atomic E-state index is 0.226. The first-order valence-electron chi connectivity index (χ1n) is 6.65. The molecule has 1 heterocycles. The van der Waals surface area contributed by atoms with Crippen LogP contribution in [0.1, 0.15) is 43.6 Å². The first kappa shape index (κ1) is 13.7. The highest BCUT2D eigenvalue weighted by Gasteiger charge is 2.11. The van der Waals surface area contributed by atoms with Crippen LogP contribution in [0, 0.1) is 5.82 Å². The number of nitrogens with two attached hydrogens (primary N) is 1. The van der Waals surface area contributed by atoms with Crippen molar-refractivity contribution in [3.05, 3.63) is 53.6 Å². The lowest BCUT2D eigenvalue weighted by atomic mass is 10.0. The average molecular weight is 261 g/mol. The van der Waals surface area contributed by atoms with Gasteiger partial charge in [0.25, 0.3) is 0 Å². The summed E-state index contributed by atoms with van der Waals surface area (Å²) in [7, 11) is 0. The smallest absolute Gasteiger partial charge is 0.123 e. The number of rotatable bonds is 5. The van der Waals surface area contributed by atoms with Crippen molar-refractivity contribution >= 4 is 0 Å². The molecular formula is C15H20FN3. The van der Waals surface area contributed by atoms with E-state index < -0.39 is 0 Å². The maximum Gasteiger partial charge on any atom is 0.123 e. The van der Waals surface area contributed by atoms with Crippen LogP contribution in [-0.4, -0.2) is 9.78 Å². The summed E-state index contributed by atoms with van der Waals surface area (Å²) in [6.45, 7) is 4.26. The van der Waals surface area contributed by atoms with Crippen LogP contribution in [0.2, 0.25) is 0 Å². The van der Waals surface area contributed by atoms with E-state index in [1.165, 1.54) is 12.1 Å². The Morgan fingerprint density at radius 2 is 2.16 bits per heavy atom. The van der Waals surface area contributed by atoms with Crippen molar-refractivity contribution < 1.29 is 4.39 Å². The molecule has 1 aromatic carbocycles. The molecule has 4 heteroatoms. The summed E-state index contributed by atoms with van der Waals surface area (Å²) in [5, 5.41) is 4.51. The zero-order valence-electron chi connectivity index (χ0n) is 11.4. The highest BCUT2D eigenvalue weighted by atomic mass is 19.1. The maximum atomic E-state index is 13.1. The van der Waals surface area contributed by atoms with Crippen LogP contribution >= 0.6 is 0 Å². The fourth-order valence-corrected chi connectivity index (χ4v) is 2.00. The molecule has 0 radical (unpaired) electrons. The molecule has 0 bridgehead atoms. The average Bonchev–Trinajstić information content (AvgIpc) is 2.86. The second kappa shape index (κ2) is 5.97. The molecule has 3 nitrogen and oxygen atoms in total. The Hall–Kier alpha value is -1.68. The van der Waals surface area contributed by atoms with Gasteiger partial charge in [-0.1, -0.05) is 19.1 Å². The van der Waals surface area contributed by atoms with Crippen LogP contribution in [0.5, 0.6) is 0 Å². The Labute approximate surface area is 113 Å². The van der Waals surface area contributed by atoms with E-state index in [0.717, 1.165) is 17.7 Å². The van der Waals surface area contributed by atoms with Gasteiger partial charge in [-0.3, -0.25) is 4.68 Å². The molecule has 1 aromatic heterocycles. The van der Waals surface area contributed by atoms with Gasteiger partial charge in [-0.25, -0.2) is 4.39 Å². The summed E-state index contributed by atoms with van der Waals surface area (Å²) < 4.78 is 15.1. The number of halogens is 1. The number of benzene rings is 1. The molecule has 102 valence electrons. The van der Waals surface area contributed by atoms with Gasteiger partial charge in [-0.05, 0) is 37.1 Å². The number of hydrogen-bond acceptors (Lipinski definition) is 2. The minimum atomic E-state index is -0.252. The molecule has 0 spiro atoms. The van der Waals surface area contributed by atoms with E-state index in [2.05, 4.69) is 18.9 Å². The van der Waals surface area contributed by atoms with E-state index in [1.54, 1.807) is 6.07 Å². The third kappa shape index (κ3) is 3.41. The van der Waals surface area contributed by atoms with E-state index in [-0.39, 0.29) is 11.9 Å². The van der Waals surface area contributed by atoms with Crippen LogP contribution in [0.25, 0.3) is 0 Å². The molecule has 0 saturated carbocycles. The van der Waals surface area contributed by atoms with Gasteiger partial charge in [0.15, 0.2) is 0 Å². The lowest BCUT2D eigenvalue weighted by Crippen LogP contribution is -2.14. The van der Waals surface area contributed by atoms with Crippen molar-refractivity contribution in [2.75, 3.05) is 0 Å². The van der Waals surface area contributed by atoms with Crippen LogP contribution in [-0.2, 0) is 6.42 Å².